The molecular formula is C10H18N2O4. The summed E-state index contributed by atoms with van der Waals surface area (Å²) in [6.45, 7) is 6.21. The van der Waals surface area contributed by atoms with Crippen LogP contribution in [0.5, 0.6) is 0 Å². The van der Waals surface area contributed by atoms with Crippen LogP contribution in [0.15, 0.2) is 0 Å². The highest BCUT2D eigenvalue weighted by Gasteiger charge is 2.25. The van der Waals surface area contributed by atoms with Crippen molar-refractivity contribution in [2.75, 3.05) is 0 Å². The van der Waals surface area contributed by atoms with Crippen molar-refractivity contribution >= 4 is 17.8 Å². The molecule has 0 bridgehead atoms. The van der Waals surface area contributed by atoms with Crippen molar-refractivity contribution < 1.29 is 19.5 Å². The van der Waals surface area contributed by atoms with Crippen LogP contribution in [0, 0.1) is 5.92 Å². The van der Waals surface area contributed by atoms with Gasteiger partial charge in [0.1, 0.15) is 12.1 Å². The van der Waals surface area contributed by atoms with E-state index in [4.69, 9.17) is 5.11 Å². The SMILES string of the molecule is CC(=O)NC(C(=O)N[C@@H](C)C(=O)O)C(C)C. The first kappa shape index (κ1) is 14.4. The first-order chi connectivity index (χ1) is 7.25. The lowest BCUT2D eigenvalue weighted by molar-refractivity contribution is -0.141. The summed E-state index contributed by atoms with van der Waals surface area (Å²) in [5, 5.41) is 13.4. The zero-order valence-electron chi connectivity index (χ0n) is 9.90. The molecule has 0 saturated heterocycles. The van der Waals surface area contributed by atoms with Crippen LogP contribution in [0.1, 0.15) is 27.7 Å². The fraction of sp³-hybridized carbons (Fsp3) is 0.700. The summed E-state index contributed by atoms with van der Waals surface area (Å²) in [5.74, 6) is -2.03. The molecule has 0 aliphatic carbocycles. The lowest BCUT2D eigenvalue weighted by Gasteiger charge is -2.22. The van der Waals surface area contributed by atoms with Gasteiger partial charge in [0.15, 0.2) is 0 Å². The molecule has 6 heteroatoms. The Morgan fingerprint density at radius 1 is 1.06 bits per heavy atom. The molecule has 6 nitrogen and oxygen atoms in total. The van der Waals surface area contributed by atoms with Crippen molar-refractivity contribution in [3.63, 3.8) is 0 Å². The van der Waals surface area contributed by atoms with Gasteiger partial charge in [-0.1, -0.05) is 13.8 Å². The van der Waals surface area contributed by atoms with Crippen molar-refractivity contribution in [3.05, 3.63) is 0 Å². The standard InChI is InChI=1S/C10H18N2O4/c1-5(2)8(12-7(4)13)9(14)11-6(3)10(15)16/h5-6,8H,1-4H3,(H,11,14)(H,12,13)(H,15,16)/t6-,8?/m0/s1. The van der Waals surface area contributed by atoms with E-state index in [2.05, 4.69) is 10.6 Å². The molecule has 92 valence electrons. The minimum Gasteiger partial charge on any atom is -0.480 e. The Bertz CT molecular complexity index is 289. The number of carboxylic acids is 1. The zero-order chi connectivity index (χ0) is 12.9. The predicted octanol–water partition coefficient (Wildman–Crippen LogP) is -0.264. The Kier molecular flexibility index (Phi) is 5.49. The van der Waals surface area contributed by atoms with Crippen molar-refractivity contribution in [1.82, 2.24) is 10.6 Å². The van der Waals surface area contributed by atoms with Gasteiger partial charge < -0.3 is 15.7 Å². The predicted molar refractivity (Wildman–Crippen MR) is 57.7 cm³/mol. The molecule has 0 heterocycles. The molecule has 3 N–H and O–H groups in total. The third-order valence-corrected chi connectivity index (χ3v) is 2.04. The Labute approximate surface area is 94.4 Å². The molecule has 2 atom stereocenters. The van der Waals surface area contributed by atoms with Crippen molar-refractivity contribution in [3.8, 4) is 0 Å². The number of carbonyl (C=O) groups excluding carboxylic acids is 2. The highest BCUT2D eigenvalue weighted by molar-refractivity contribution is 5.89. The van der Waals surface area contributed by atoms with E-state index in [-0.39, 0.29) is 11.8 Å². The van der Waals surface area contributed by atoms with E-state index in [0.29, 0.717) is 0 Å². The topological polar surface area (TPSA) is 95.5 Å². The molecule has 0 radical (unpaired) electrons. The van der Waals surface area contributed by atoms with Gasteiger partial charge in [-0.05, 0) is 12.8 Å². The van der Waals surface area contributed by atoms with Gasteiger partial charge in [-0.3, -0.25) is 14.4 Å². The maximum absolute atomic E-state index is 11.6. The number of hydrogen-bond acceptors (Lipinski definition) is 3. The average Bonchev–Trinajstić information content (AvgIpc) is 2.12. The van der Waals surface area contributed by atoms with Gasteiger partial charge in [-0.15, -0.1) is 0 Å². The first-order valence-corrected chi connectivity index (χ1v) is 5.06. The second-order valence-corrected chi connectivity index (χ2v) is 3.99. The van der Waals surface area contributed by atoms with Gasteiger partial charge in [-0.2, -0.15) is 0 Å². The molecule has 16 heavy (non-hydrogen) atoms. The lowest BCUT2D eigenvalue weighted by Crippen LogP contribution is -2.52. The van der Waals surface area contributed by atoms with Gasteiger partial charge in [0.25, 0.3) is 0 Å². The lowest BCUT2D eigenvalue weighted by atomic mass is 10.0. The number of carbonyl (C=O) groups is 3. The number of hydrogen-bond donors (Lipinski definition) is 3. The Balaban J connectivity index is 4.50. The molecule has 1 unspecified atom stereocenters. The van der Waals surface area contributed by atoms with Gasteiger partial charge in [0, 0.05) is 6.92 Å². The number of carboxylic acid groups (broad SMARTS) is 1. The second kappa shape index (κ2) is 6.09. The normalized spacial score (nSPS) is 14.1. The monoisotopic (exact) mass is 230 g/mol. The van der Waals surface area contributed by atoms with Crippen LogP contribution < -0.4 is 10.6 Å². The number of rotatable bonds is 5. The number of nitrogens with one attached hydrogen (secondary N) is 2. The summed E-state index contributed by atoms with van der Waals surface area (Å²) >= 11 is 0. The Morgan fingerprint density at radius 2 is 1.56 bits per heavy atom. The highest BCUT2D eigenvalue weighted by Crippen LogP contribution is 2.02. The van der Waals surface area contributed by atoms with Crippen LogP contribution in [0.25, 0.3) is 0 Å². The van der Waals surface area contributed by atoms with E-state index in [9.17, 15) is 14.4 Å². The summed E-state index contributed by atoms with van der Waals surface area (Å²) in [5.41, 5.74) is 0. The minimum atomic E-state index is -1.11. The van der Waals surface area contributed by atoms with E-state index in [1.807, 2.05) is 0 Å². The molecule has 0 aliphatic rings. The van der Waals surface area contributed by atoms with E-state index in [1.165, 1.54) is 13.8 Å². The van der Waals surface area contributed by atoms with Crippen LogP contribution in [-0.4, -0.2) is 35.0 Å². The van der Waals surface area contributed by atoms with Crippen LogP contribution in [0.3, 0.4) is 0 Å². The second-order valence-electron chi connectivity index (χ2n) is 3.99. The Morgan fingerprint density at radius 3 is 1.88 bits per heavy atom. The molecule has 0 saturated carbocycles. The highest BCUT2D eigenvalue weighted by atomic mass is 16.4. The summed E-state index contributed by atoms with van der Waals surface area (Å²) in [6, 6.07) is -1.68. The van der Waals surface area contributed by atoms with Crippen LogP contribution >= 0.6 is 0 Å². The third kappa shape index (κ3) is 4.77. The summed E-state index contributed by atoms with van der Waals surface area (Å²) in [4.78, 5) is 33.1. The number of aliphatic carboxylic acids is 1. The van der Waals surface area contributed by atoms with E-state index in [0.717, 1.165) is 0 Å². The van der Waals surface area contributed by atoms with Crippen LogP contribution in [-0.2, 0) is 14.4 Å². The molecule has 0 fully saturated rings. The van der Waals surface area contributed by atoms with Crippen molar-refractivity contribution in [2.24, 2.45) is 5.92 Å². The maximum atomic E-state index is 11.6. The van der Waals surface area contributed by atoms with E-state index < -0.39 is 24.0 Å². The van der Waals surface area contributed by atoms with Gasteiger partial charge in [0.2, 0.25) is 11.8 Å². The minimum absolute atomic E-state index is 0.107. The molecule has 0 spiro atoms. The third-order valence-electron chi connectivity index (χ3n) is 2.04. The zero-order valence-corrected chi connectivity index (χ0v) is 9.90. The largest absolute Gasteiger partial charge is 0.480 e. The molecule has 0 aliphatic heterocycles. The first-order valence-electron chi connectivity index (χ1n) is 5.06. The quantitative estimate of drug-likeness (QED) is 0.606. The molecular weight excluding hydrogens is 212 g/mol. The molecule has 0 aromatic rings. The maximum Gasteiger partial charge on any atom is 0.325 e. The van der Waals surface area contributed by atoms with Crippen molar-refractivity contribution in [2.45, 2.75) is 39.8 Å². The number of amides is 2. The summed E-state index contributed by atoms with van der Waals surface area (Å²) in [6.07, 6.45) is 0. The summed E-state index contributed by atoms with van der Waals surface area (Å²) < 4.78 is 0. The van der Waals surface area contributed by atoms with Crippen LogP contribution in [0.2, 0.25) is 0 Å². The van der Waals surface area contributed by atoms with Crippen molar-refractivity contribution in [1.29, 1.82) is 0 Å². The molecule has 0 aromatic heterocycles. The van der Waals surface area contributed by atoms with Gasteiger partial charge >= 0.3 is 5.97 Å². The van der Waals surface area contributed by atoms with E-state index >= 15 is 0 Å². The van der Waals surface area contributed by atoms with Crippen LogP contribution in [0.4, 0.5) is 0 Å². The van der Waals surface area contributed by atoms with Gasteiger partial charge in [-0.25, -0.2) is 0 Å². The molecule has 2 amide bonds. The molecule has 0 rings (SSSR count). The molecule has 0 aromatic carbocycles. The Hall–Kier alpha value is -1.59. The summed E-state index contributed by atoms with van der Waals surface area (Å²) in [7, 11) is 0. The fourth-order valence-corrected chi connectivity index (χ4v) is 1.12. The average molecular weight is 230 g/mol. The van der Waals surface area contributed by atoms with Gasteiger partial charge in [0.05, 0.1) is 0 Å². The smallest absolute Gasteiger partial charge is 0.325 e. The fourth-order valence-electron chi connectivity index (χ4n) is 1.12. The van der Waals surface area contributed by atoms with E-state index in [1.54, 1.807) is 13.8 Å².